The van der Waals surface area contributed by atoms with Gasteiger partial charge in [-0.15, -0.1) is 5.10 Å². The van der Waals surface area contributed by atoms with E-state index >= 15 is 0 Å². The number of ether oxygens (including phenoxy) is 1. The molecule has 0 atom stereocenters. The molecule has 1 aliphatic rings. The first-order valence-electron chi connectivity index (χ1n) is 7.80. The van der Waals surface area contributed by atoms with Crippen molar-refractivity contribution < 1.29 is 9.13 Å². The lowest BCUT2D eigenvalue weighted by Crippen LogP contribution is -2.11. The fourth-order valence-corrected chi connectivity index (χ4v) is 2.71. The van der Waals surface area contributed by atoms with Crippen molar-refractivity contribution in [2.24, 2.45) is 0 Å². The predicted molar refractivity (Wildman–Crippen MR) is 82.1 cm³/mol. The lowest BCUT2D eigenvalue weighted by Gasteiger charge is -2.14. The van der Waals surface area contributed by atoms with Crippen molar-refractivity contribution in [2.45, 2.75) is 32.3 Å². The van der Waals surface area contributed by atoms with E-state index in [0.717, 1.165) is 37.1 Å². The van der Waals surface area contributed by atoms with Gasteiger partial charge >= 0.3 is 0 Å². The second kappa shape index (κ2) is 6.31. The minimum absolute atomic E-state index is 0.151. The fourth-order valence-electron chi connectivity index (χ4n) is 2.71. The van der Waals surface area contributed by atoms with Crippen LogP contribution in [0.2, 0.25) is 0 Å². The maximum atomic E-state index is 13.0. The van der Waals surface area contributed by atoms with E-state index in [1.165, 1.54) is 16.8 Å². The number of aryl methyl sites for hydroxylation is 2. The number of rotatable bonds is 4. The topological polar surface area (TPSA) is 78.6 Å². The number of nitrogens with zero attached hydrogens (tertiary/aromatic N) is 6. The van der Waals surface area contributed by atoms with Crippen LogP contribution in [0.3, 0.4) is 0 Å². The van der Waals surface area contributed by atoms with Crippen molar-refractivity contribution in [2.75, 3.05) is 0 Å². The average Bonchev–Trinajstić information content (AvgIpc) is 3.09. The number of hydrogen-bond acceptors (Lipinski definition) is 6. The quantitative estimate of drug-likeness (QED) is 0.730. The molecule has 0 unspecified atom stereocenters. The van der Waals surface area contributed by atoms with Gasteiger partial charge in [0.15, 0.2) is 12.4 Å². The van der Waals surface area contributed by atoms with Crippen LogP contribution >= 0.6 is 0 Å². The van der Waals surface area contributed by atoms with Crippen molar-refractivity contribution in [1.29, 1.82) is 0 Å². The zero-order chi connectivity index (χ0) is 16.4. The summed E-state index contributed by atoms with van der Waals surface area (Å²) < 4.78 is 20.2. The van der Waals surface area contributed by atoms with Crippen molar-refractivity contribution in [3.05, 3.63) is 53.5 Å². The van der Waals surface area contributed by atoms with E-state index in [2.05, 4.69) is 25.5 Å². The maximum absolute atomic E-state index is 13.0. The molecule has 122 valence electrons. The summed E-state index contributed by atoms with van der Waals surface area (Å²) in [5.41, 5.74) is 2.73. The fraction of sp³-hybridized carbons (Fsp3) is 0.312. The Hall–Kier alpha value is -2.90. The predicted octanol–water partition coefficient (Wildman–Crippen LogP) is 2.05. The van der Waals surface area contributed by atoms with Gasteiger partial charge in [-0.2, -0.15) is 4.68 Å². The van der Waals surface area contributed by atoms with Gasteiger partial charge in [0.05, 0.1) is 23.3 Å². The highest BCUT2D eigenvalue weighted by Gasteiger charge is 2.14. The Morgan fingerprint density at radius 3 is 2.71 bits per heavy atom. The summed E-state index contributed by atoms with van der Waals surface area (Å²) in [5.74, 6) is 0.652. The van der Waals surface area contributed by atoms with Crippen LogP contribution in [0.1, 0.15) is 30.1 Å². The SMILES string of the molecule is Fc1ccc(-n2nnnc2COc2cnc3c(n2)CCCC3)cc1. The number of hydrogen-bond donors (Lipinski definition) is 0. The molecule has 2 heterocycles. The second-order valence-corrected chi connectivity index (χ2v) is 5.58. The Labute approximate surface area is 137 Å². The first-order valence-corrected chi connectivity index (χ1v) is 7.80. The summed E-state index contributed by atoms with van der Waals surface area (Å²) in [4.78, 5) is 8.94. The lowest BCUT2D eigenvalue weighted by atomic mass is 10.0. The summed E-state index contributed by atoms with van der Waals surface area (Å²) in [6, 6.07) is 5.93. The molecule has 0 fully saturated rings. The van der Waals surface area contributed by atoms with Crippen LogP contribution in [-0.4, -0.2) is 30.2 Å². The third kappa shape index (κ3) is 2.94. The van der Waals surface area contributed by atoms with Gasteiger partial charge in [0.25, 0.3) is 0 Å². The van der Waals surface area contributed by atoms with Crippen LogP contribution in [0.15, 0.2) is 30.5 Å². The van der Waals surface area contributed by atoms with Gasteiger partial charge in [0, 0.05) is 0 Å². The molecule has 7 nitrogen and oxygen atoms in total. The Morgan fingerprint density at radius 1 is 1.08 bits per heavy atom. The average molecular weight is 326 g/mol. The van der Waals surface area contributed by atoms with Gasteiger partial charge in [-0.25, -0.2) is 9.37 Å². The number of aromatic nitrogens is 6. The van der Waals surface area contributed by atoms with Crippen LogP contribution in [-0.2, 0) is 19.4 Å². The third-order valence-electron chi connectivity index (χ3n) is 3.94. The first kappa shape index (κ1) is 14.7. The van der Waals surface area contributed by atoms with E-state index in [4.69, 9.17) is 4.74 Å². The first-order chi connectivity index (χ1) is 11.8. The van der Waals surface area contributed by atoms with Crippen LogP contribution in [0, 0.1) is 5.82 Å². The van der Waals surface area contributed by atoms with E-state index in [-0.39, 0.29) is 12.4 Å². The molecule has 0 saturated carbocycles. The molecule has 0 N–H and O–H groups in total. The van der Waals surface area contributed by atoms with Crippen LogP contribution in [0.5, 0.6) is 5.88 Å². The molecule has 0 radical (unpaired) electrons. The highest BCUT2D eigenvalue weighted by molar-refractivity contribution is 5.31. The summed E-state index contributed by atoms with van der Waals surface area (Å²) in [5, 5.41) is 11.5. The minimum atomic E-state index is -0.311. The van der Waals surface area contributed by atoms with Gasteiger partial charge in [-0.1, -0.05) is 0 Å². The van der Waals surface area contributed by atoms with Crippen LogP contribution in [0.4, 0.5) is 4.39 Å². The highest BCUT2D eigenvalue weighted by atomic mass is 19.1. The normalized spacial score (nSPS) is 13.5. The molecule has 8 heteroatoms. The molecule has 3 aromatic rings. The molecule has 0 amide bonds. The van der Waals surface area contributed by atoms with E-state index in [9.17, 15) is 4.39 Å². The van der Waals surface area contributed by atoms with E-state index < -0.39 is 0 Å². The second-order valence-electron chi connectivity index (χ2n) is 5.58. The lowest BCUT2D eigenvalue weighted by molar-refractivity contribution is 0.278. The Morgan fingerprint density at radius 2 is 1.88 bits per heavy atom. The standard InChI is InChI=1S/C16H15FN6O/c17-11-5-7-12(8-6-11)23-15(20-21-22-23)10-24-16-9-18-13-3-1-2-4-14(13)19-16/h5-9H,1-4,10H2. The third-order valence-corrected chi connectivity index (χ3v) is 3.94. The maximum Gasteiger partial charge on any atom is 0.232 e. The molecule has 0 bridgehead atoms. The van der Waals surface area contributed by atoms with Gasteiger partial charge in [0.2, 0.25) is 5.88 Å². The minimum Gasteiger partial charge on any atom is -0.468 e. The zero-order valence-electron chi connectivity index (χ0n) is 12.9. The van der Waals surface area contributed by atoms with Gasteiger partial charge in [0.1, 0.15) is 5.82 Å². The molecule has 1 aromatic carbocycles. The Balaban J connectivity index is 1.51. The number of halogens is 1. The summed E-state index contributed by atoms with van der Waals surface area (Å²) in [6.45, 7) is 0.151. The molecule has 0 saturated heterocycles. The van der Waals surface area contributed by atoms with E-state index in [0.29, 0.717) is 17.4 Å². The molecule has 2 aromatic heterocycles. The van der Waals surface area contributed by atoms with Crippen molar-refractivity contribution in [3.8, 4) is 11.6 Å². The highest BCUT2D eigenvalue weighted by Crippen LogP contribution is 2.20. The monoisotopic (exact) mass is 326 g/mol. The molecular formula is C16H15FN6O. The van der Waals surface area contributed by atoms with Crippen LogP contribution < -0.4 is 4.74 Å². The van der Waals surface area contributed by atoms with Crippen molar-refractivity contribution in [3.63, 3.8) is 0 Å². The van der Waals surface area contributed by atoms with Crippen molar-refractivity contribution >= 4 is 0 Å². The van der Waals surface area contributed by atoms with E-state index in [1.807, 2.05) is 0 Å². The molecule has 4 rings (SSSR count). The van der Waals surface area contributed by atoms with Gasteiger partial charge < -0.3 is 4.74 Å². The largest absolute Gasteiger partial charge is 0.468 e. The van der Waals surface area contributed by atoms with Gasteiger partial charge in [-0.3, -0.25) is 4.98 Å². The van der Waals surface area contributed by atoms with E-state index in [1.54, 1.807) is 18.3 Å². The molecule has 1 aliphatic carbocycles. The van der Waals surface area contributed by atoms with Crippen LogP contribution in [0.25, 0.3) is 5.69 Å². The molecular weight excluding hydrogens is 311 g/mol. The molecule has 0 spiro atoms. The molecule has 0 aliphatic heterocycles. The number of benzene rings is 1. The summed E-state index contributed by atoms with van der Waals surface area (Å²) in [6.07, 6.45) is 5.84. The molecule has 24 heavy (non-hydrogen) atoms. The smallest absolute Gasteiger partial charge is 0.232 e. The number of fused-ring (bicyclic) bond motifs is 1. The number of tetrazole rings is 1. The Bertz CT molecular complexity index is 848. The zero-order valence-corrected chi connectivity index (χ0v) is 12.9. The summed E-state index contributed by atoms with van der Waals surface area (Å²) in [7, 11) is 0. The summed E-state index contributed by atoms with van der Waals surface area (Å²) >= 11 is 0. The Kier molecular flexibility index (Phi) is 3.86. The van der Waals surface area contributed by atoms with Crippen molar-refractivity contribution in [1.82, 2.24) is 30.2 Å². The van der Waals surface area contributed by atoms with Gasteiger partial charge in [-0.05, 0) is 60.4 Å².